The minimum Gasteiger partial charge on any atom is -0.505 e. The van der Waals surface area contributed by atoms with Crippen LogP contribution in [0, 0.1) is 6.08 Å². The van der Waals surface area contributed by atoms with Gasteiger partial charge in [-0.3, -0.25) is 9.11 Å². The van der Waals surface area contributed by atoms with Gasteiger partial charge in [-0.05, 0) is 23.6 Å². The Hall–Kier alpha value is -4.56. The van der Waals surface area contributed by atoms with Crippen LogP contribution in [0.3, 0.4) is 0 Å². The van der Waals surface area contributed by atoms with Gasteiger partial charge < -0.3 is 25.2 Å². The number of phenolic OH excluding ortho intramolecular Hbond substituents is 2. The van der Waals surface area contributed by atoms with Crippen molar-refractivity contribution in [2.75, 3.05) is 36.5 Å². The van der Waals surface area contributed by atoms with Crippen LogP contribution in [0.25, 0.3) is 10.8 Å². The van der Waals surface area contributed by atoms with E-state index in [0.29, 0.717) is 32.4 Å². The lowest BCUT2D eigenvalue weighted by Crippen LogP contribution is -2.37. The maximum Gasteiger partial charge on any atom is 0.315 e. The highest BCUT2D eigenvalue weighted by molar-refractivity contribution is 7.86. The summed E-state index contributed by atoms with van der Waals surface area (Å²) in [6, 6.07) is 8.51. The van der Waals surface area contributed by atoms with Crippen molar-refractivity contribution in [1.82, 2.24) is 15.0 Å². The van der Waals surface area contributed by atoms with Gasteiger partial charge in [0.15, 0.2) is 11.5 Å². The highest BCUT2D eigenvalue weighted by atomic mass is 32.2. The summed E-state index contributed by atoms with van der Waals surface area (Å²) < 4.78 is 86.9. The summed E-state index contributed by atoms with van der Waals surface area (Å²) in [6.07, 6.45) is -1.19. The minimum atomic E-state index is -4.95. The quantitative estimate of drug-likeness (QED) is 0.113. The number of nitrogens with zero attached hydrogens (tertiary/aromatic N) is 6. The Morgan fingerprint density at radius 3 is 2.31 bits per heavy atom. The molecule has 19 heteroatoms. The van der Waals surface area contributed by atoms with Crippen molar-refractivity contribution in [3.05, 3.63) is 48.5 Å². The molecule has 4 aromatic rings. The summed E-state index contributed by atoms with van der Waals surface area (Å²) >= 11 is 0. The number of ether oxygens (including phenoxy) is 1. The summed E-state index contributed by atoms with van der Waals surface area (Å²) in [6.45, 7) is 1.38. The van der Waals surface area contributed by atoms with Gasteiger partial charge >= 0.3 is 6.08 Å². The molecule has 5 rings (SSSR count). The first kappa shape index (κ1) is 29.0. The summed E-state index contributed by atoms with van der Waals surface area (Å²) in [5.41, 5.74) is -1.85. The maximum absolute atomic E-state index is 14.2. The number of benzene rings is 3. The number of azo groups is 1. The second kappa shape index (κ2) is 11.0. The second-order valence-electron chi connectivity index (χ2n) is 8.73. The topological polar surface area (TPSA) is 237 Å². The van der Waals surface area contributed by atoms with Gasteiger partial charge in [-0.1, -0.05) is 24.3 Å². The minimum absolute atomic E-state index is 0.0665. The zero-order chi connectivity index (χ0) is 30.2. The van der Waals surface area contributed by atoms with E-state index in [-0.39, 0.29) is 16.7 Å². The summed E-state index contributed by atoms with van der Waals surface area (Å²) in [5.74, 6) is -2.02. The molecule has 0 atom stereocenters. The van der Waals surface area contributed by atoms with Gasteiger partial charge in [0.25, 0.3) is 20.2 Å². The van der Waals surface area contributed by atoms with Crippen LogP contribution in [0.4, 0.5) is 33.3 Å². The number of fused-ring (bicyclic) bond motifs is 1. The Kier molecular flexibility index (Phi) is 7.60. The Morgan fingerprint density at radius 2 is 1.62 bits per heavy atom. The highest BCUT2D eigenvalue weighted by Crippen LogP contribution is 2.43. The van der Waals surface area contributed by atoms with Crippen molar-refractivity contribution in [2.45, 2.75) is 9.79 Å². The van der Waals surface area contributed by atoms with Crippen molar-refractivity contribution in [3.8, 4) is 11.5 Å². The summed E-state index contributed by atoms with van der Waals surface area (Å²) in [7, 11) is -9.88. The Bertz CT molecular complexity index is 1950. The first-order valence-corrected chi connectivity index (χ1v) is 14.7. The van der Waals surface area contributed by atoms with Crippen molar-refractivity contribution in [2.24, 2.45) is 10.2 Å². The highest BCUT2D eigenvalue weighted by Gasteiger charge is 2.24. The molecule has 42 heavy (non-hydrogen) atoms. The SMILES string of the molecule is O=S(=O)(O)c1cc(N=Nc2c(S(=O)(=O)O)cc3ccccc3c2O)c(O)c(Nc2nc(F)nc(N3CCOCC3)n2)c1. The molecule has 0 radical (unpaired) electrons. The van der Waals surface area contributed by atoms with Crippen LogP contribution in [0.15, 0.2) is 62.5 Å². The number of nitrogens with one attached hydrogen (secondary N) is 1. The van der Waals surface area contributed by atoms with Gasteiger partial charge in [0.1, 0.15) is 16.3 Å². The first-order chi connectivity index (χ1) is 19.8. The molecule has 0 saturated carbocycles. The number of aromatic hydroxyl groups is 2. The molecule has 1 fully saturated rings. The molecule has 220 valence electrons. The lowest BCUT2D eigenvalue weighted by Gasteiger charge is -2.26. The number of morpholine rings is 1. The molecule has 2 heterocycles. The smallest absolute Gasteiger partial charge is 0.315 e. The van der Waals surface area contributed by atoms with Crippen molar-refractivity contribution in [3.63, 3.8) is 0 Å². The molecule has 1 aromatic heterocycles. The lowest BCUT2D eigenvalue weighted by molar-refractivity contribution is 0.122. The molecular weight excluding hydrogens is 601 g/mol. The zero-order valence-corrected chi connectivity index (χ0v) is 22.7. The monoisotopic (exact) mass is 621 g/mol. The molecule has 5 N–H and O–H groups in total. The molecule has 1 aliphatic heterocycles. The van der Waals surface area contributed by atoms with Crippen LogP contribution in [0.1, 0.15) is 0 Å². The third-order valence-corrected chi connectivity index (χ3v) is 7.69. The predicted molar refractivity (Wildman–Crippen MR) is 144 cm³/mol. The number of hydrogen-bond donors (Lipinski definition) is 5. The van der Waals surface area contributed by atoms with E-state index in [0.717, 1.165) is 12.1 Å². The van der Waals surface area contributed by atoms with E-state index in [1.165, 1.54) is 12.1 Å². The van der Waals surface area contributed by atoms with Crippen molar-refractivity contribution >= 4 is 60.0 Å². The molecule has 0 aliphatic carbocycles. The Labute approximate surface area is 236 Å². The molecule has 1 aliphatic rings. The fourth-order valence-electron chi connectivity index (χ4n) is 4.02. The van der Waals surface area contributed by atoms with Gasteiger partial charge in [0, 0.05) is 18.5 Å². The maximum atomic E-state index is 14.2. The molecule has 0 bridgehead atoms. The molecule has 16 nitrogen and oxygen atoms in total. The van der Waals surface area contributed by atoms with Crippen molar-refractivity contribution < 1.29 is 45.3 Å². The van der Waals surface area contributed by atoms with E-state index in [1.54, 1.807) is 17.0 Å². The third kappa shape index (κ3) is 6.04. The van der Waals surface area contributed by atoms with Crippen LogP contribution in [0.2, 0.25) is 0 Å². The number of rotatable bonds is 7. The number of phenols is 2. The molecule has 0 spiro atoms. The number of hydrogen-bond acceptors (Lipinski definition) is 14. The zero-order valence-electron chi connectivity index (χ0n) is 21.1. The molecule has 1 saturated heterocycles. The van der Waals surface area contributed by atoms with E-state index in [1.807, 2.05) is 0 Å². The third-order valence-electron chi connectivity index (χ3n) is 5.99. The van der Waals surface area contributed by atoms with Gasteiger partial charge in [-0.25, -0.2) is 0 Å². The average molecular weight is 622 g/mol. The first-order valence-electron chi connectivity index (χ1n) is 11.8. The average Bonchev–Trinajstić information content (AvgIpc) is 2.93. The van der Waals surface area contributed by atoms with Crippen LogP contribution < -0.4 is 10.2 Å². The van der Waals surface area contributed by atoms with Crippen LogP contribution in [-0.2, 0) is 25.0 Å². The van der Waals surface area contributed by atoms with Crippen LogP contribution in [0.5, 0.6) is 11.5 Å². The van der Waals surface area contributed by atoms with Gasteiger partial charge in [0.05, 0.1) is 23.8 Å². The van der Waals surface area contributed by atoms with Gasteiger partial charge in [0.2, 0.25) is 11.9 Å². The fraction of sp³-hybridized carbons (Fsp3) is 0.174. The van der Waals surface area contributed by atoms with E-state index in [2.05, 4.69) is 30.5 Å². The van der Waals surface area contributed by atoms with Crippen LogP contribution in [-0.4, -0.2) is 77.4 Å². The number of aromatic nitrogens is 3. The van der Waals surface area contributed by atoms with Gasteiger partial charge in [-0.2, -0.15) is 36.2 Å². The number of halogens is 1. The van der Waals surface area contributed by atoms with E-state index < -0.39 is 70.6 Å². The van der Waals surface area contributed by atoms with E-state index in [4.69, 9.17) is 4.74 Å². The van der Waals surface area contributed by atoms with Crippen molar-refractivity contribution in [1.29, 1.82) is 0 Å². The normalized spacial score (nSPS) is 14.5. The van der Waals surface area contributed by atoms with E-state index >= 15 is 0 Å². The Morgan fingerprint density at radius 1 is 0.905 bits per heavy atom. The lowest BCUT2D eigenvalue weighted by atomic mass is 10.1. The fourth-order valence-corrected chi connectivity index (χ4v) is 5.21. The Balaban J connectivity index is 1.60. The standard InChI is InChI=1S/C23H20FN7O9S2/c24-21-26-22(28-23(27-21)31-5-7-40-8-6-31)25-15-10-13(41(34,35)36)11-16(20(15)33)29-30-18-17(42(37,38)39)9-12-3-1-2-4-14(12)19(18)32/h1-4,9-11,32-33H,5-8H2,(H,34,35,36)(H,37,38,39)(H,25,26,27,28). The second-order valence-corrected chi connectivity index (χ2v) is 11.5. The largest absolute Gasteiger partial charge is 0.505 e. The van der Waals surface area contributed by atoms with E-state index in [9.17, 15) is 40.5 Å². The predicted octanol–water partition coefficient (Wildman–Crippen LogP) is 3.06. The number of anilines is 3. The molecule has 3 aromatic carbocycles. The summed E-state index contributed by atoms with van der Waals surface area (Å²) in [5, 5.41) is 31.8. The molecule has 0 amide bonds. The molecule has 0 unspecified atom stereocenters. The summed E-state index contributed by atoms with van der Waals surface area (Å²) in [4.78, 5) is 11.2. The van der Waals surface area contributed by atoms with Crippen LogP contribution >= 0.6 is 0 Å². The molecular formula is C23H20FN7O9S2. The van der Waals surface area contributed by atoms with Gasteiger partial charge in [-0.15, -0.1) is 10.2 Å².